The fourth-order valence-corrected chi connectivity index (χ4v) is 3.69. The number of thiazole rings is 1. The van der Waals surface area contributed by atoms with Crippen molar-refractivity contribution in [2.75, 3.05) is 24.5 Å². The SMILES string of the molecule is Cc1ccccc1C(O)CNC1CCN(c2nccs2)CC1. The summed E-state index contributed by atoms with van der Waals surface area (Å²) < 4.78 is 0. The topological polar surface area (TPSA) is 48.4 Å². The molecule has 1 saturated heterocycles. The number of nitrogens with zero attached hydrogens (tertiary/aromatic N) is 2. The normalized spacial score (nSPS) is 17.6. The van der Waals surface area contributed by atoms with Gasteiger partial charge in [-0.05, 0) is 30.9 Å². The molecule has 2 aromatic rings. The van der Waals surface area contributed by atoms with Gasteiger partial charge < -0.3 is 15.3 Å². The summed E-state index contributed by atoms with van der Waals surface area (Å²) in [4.78, 5) is 6.72. The highest BCUT2D eigenvalue weighted by Gasteiger charge is 2.21. The molecule has 3 rings (SSSR count). The minimum absolute atomic E-state index is 0.432. The van der Waals surface area contributed by atoms with Gasteiger partial charge in [0, 0.05) is 37.3 Å². The first-order valence-electron chi connectivity index (χ1n) is 7.85. The molecular formula is C17H23N3OS. The maximum Gasteiger partial charge on any atom is 0.185 e. The third kappa shape index (κ3) is 3.66. The van der Waals surface area contributed by atoms with Gasteiger partial charge in [-0.2, -0.15) is 0 Å². The van der Waals surface area contributed by atoms with Crippen LogP contribution >= 0.6 is 11.3 Å². The number of aromatic nitrogens is 1. The summed E-state index contributed by atoms with van der Waals surface area (Å²) in [5.41, 5.74) is 2.17. The highest BCUT2D eigenvalue weighted by molar-refractivity contribution is 7.13. The lowest BCUT2D eigenvalue weighted by molar-refractivity contribution is 0.166. The summed E-state index contributed by atoms with van der Waals surface area (Å²) in [6, 6.07) is 8.53. The van der Waals surface area contributed by atoms with Crippen molar-refractivity contribution in [3.63, 3.8) is 0 Å². The van der Waals surface area contributed by atoms with Gasteiger partial charge in [0.2, 0.25) is 0 Å². The first-order valence-corrected chi connectivity index (χ1v) is 8.73. The number of anilines is 1. The number of aryl methyl sites for hydroxylation is 1. The van der Waals surface area contributed by atoms with Gasteiger partial charge in [-0.25, -0.2) is 4.98 Å². The fourth-order valence-electron chi connectivity index (χ4n) is 3.00. The molecule has 0 bridgehead atoms. The molecule has 5 heteroatoms. The van der Waals surface area contributed by atoms with Crippen LogP contribution in [-0.2, 0) is 0 Å². The number of hydrogen-bond donors (Lipinski definition) is 2. The first kappa shape index (κ1) is 15.5. The van der Waals surface area contributed by atoms with E-state index in [0.29, 0.717) is 12.6 Å². The van der Waals surface area contributed by atoms with Gasteiger partial charge in [-0.3, -0.25) is 0 Å². The van der Waals surface area contributed by atoms with E-state index in [0.717, 1.165) is 42.2 Å². The van der Waals surface area contributed by atoms with Crippen molar-refractivity contribution < 1.29 is 5.11 Å². The van der Waals surface area contributed by atoms with E-state index < -0.39 is 6.10 Å². The van der Waals surface area contributed by atoms with Gasteiger partial charge >= 0.3 is 0 Å². The summed E-state index contributed by atoms with van der Waals surface area (Å²) in [5.74, 6) is 0. The van der Waals surface area contributed by atoms with Crippen molar-refractivity contribution in [2.24, 2.45) is 0 Å². The Balaban J connectivity index is 1.46. The lowest BCUT2D eigenvalue weighted by Gasteiger charge is -2.32. The monoisotopic (exact) mass is 317 g/mol. The van der Waals surface area contributed by atoms with Crippen LogP contribution in [-0.4, -0.2) is 35.8 Å². The lowest BCUT2D eigenvalue weighted by Crippen LogP contribution is -2.43. The molecule has 2 N–H and O–H groups in total. The van der Waals surface area contributed by atoms with E-state index in [1.54, 1.807) is 11.3 Å². The fraction of sp³-hybridized carbons (Fsp3) is 0.471. The van der Waals surface area contributed by atoms with Crippen molar-refractivity contribution in [2.45, 2.75) is 31.9 Å². The molecule has 1 atom stereocenters. The van der Waals surface area contributed by atoms with Crippen molar-refractivity contribution in [1.82, 2.24) is 10.3 Å². The Kier molecular flexibility index (Phi) is 5.08. The molecule has 1 fully saturated rings. The first-order chi connectivity index (χ1) is 10.7. The predicted octanol–water partition coefficient (Wildman–Crippen LogP) is 2.74. The van der Waals surface area contributed by atoms with Crippen LogP contribution in [0.3, 0.4) is 0 Å². The zero-order valence-electron chi connectivity index (χ0n) is 12.9. The standard InChI is InChI=1S/C17H23N3OS/c1-13-4-2-3-5-15(13)16(21)12-19-14-6-9-20(10-7-14)17-18-8-11-22-17/h2-5,8,11,14,16,19,21H,6-7,9-10,12H2,1H3. The van der Waals surface area contributed by atoms with Crippen molar-refractivity contribution in [3.8, 4) is 0 Å². The number of aliphatic hydroxyl groups excluding tert-OH is 1. The third-order valence-corrected chi connectivity index (χ3v) is 5.16. The highest BCUT2D eigenvalue weighted by atomic mass is 32.1. The van der Waals surface area contributed by atoms with E-state index in [2.05, 4.69) is 15.2 Å². The Morgan fingerprint density at radius 1 is 1.36 bits per heavy atom. The van der Waals surface area contributed by atoms with Crippen LogP contribution in [0.4, 0.5) is 5.13 Å². The number of aliphatic hydroxyl groups is 1. The largest absolute Gasteiger partial charge is 0.387 e. The Hall–Kier alpha value is -1.43. The van der Waals surface area contributed by atoms with E-state index in [1.165, 1.54) is 0 Å². The molecule has 22 heavy (non-hydrogen) atoms. The average molecular weight is 317 g/mol. The molecule has 0 saturated carbocycles. The number of piperidine rings is 1. The van der Waals surface area contributed by atoms with Gasteiger partial charge in [0.05, 0.1) is 6.10 Å². The molecule has 1 aliphatic heterocycles. The molecule has 0 spiro atoms. The minimum atomic E-state index is -0.432. The minimum Gasteiger partial charge on any atom is -0.387 e. The van der Waals surface area contributed by atoms with Crippen molar-refractivity contribution in [3.05, 3.63) is 47.0 Å². The van der Waals surface area contributed by atoms with Gasteiger partial charge in [0.25, 0.3) is 0 Å². The molecule has 1 aromatic carbocycles. The highest BCUT2D eigenvalue weighted by Crippen LogP contribution is 2.22. The molecular weight excluding hydrogens is 294 g/mol. The van der Waals surface area contributed by atoms with Crippen LogP contribution in [0.1, 0.15) is 30.1 Å². The average Bonchev–Trinajstić information content (AvgIpc) is 3.08. The summed E-state index contributed by atoms with van der Waals surface area (Å²) in [5, 5.41) is 17.0. The predicted molar refractivity (Wildman–Crippen MR) is 91.5 cm³/mol. The summed E-state index contributed by atoms with van der Waals surface area (Å²) >= 11 is 1.70. The van der Waals surface area contributed by atoms with E-state index in [1.807, 2.05) is 42.8 Å². The second kappa shape index (κ2) is 7.22. The summed E-state index contributed by atoms with van der Waals surface area (Å²) in [6.45, 7) is 4.73. The Morgan fingerprint density at radius 2 is 2.14 bits per heavy atom. The van der Waals surface area contributed by atoms with Gasteiger partial charge in [0.1, 0.15) is 0 Å². The molecule has 0 amide bonds. The second-order valence-electron chi connectivity index (χ2n) is 5.86. The van der Waals surface area contributed by atoms with Crippen LogP contribution < -0.4 is 10.2 Å². The number of benzene rings is 1. The van der Waals surface area contributed by atoms with E-state index >= 15 is 0 Å². The molecule has 1 unspecified atom stereocenters. The van der Waals surface area contributed by atoms with Crippen LogP contribution in [0.2, 0.25) is 0 Å². The van der Waals surface area contributed by atoms with Crippen LogP contribution in [0, 0.1) is 6.92 Å². The van der Waals surface area contributed by atoms with Gasteiger partial charge in [-0.15, -0.1) is 11.3 Å². The Labute approximate surface area is 135 Å². The smallest absolute Gasteiger partial charge is 0.185 e. The summed E-state index contributed by atoms with van der Waals surface area (Å²) in [7, 11) is 0. The number of hydrogen-bond acceptors (Lipinski definition) is 5. The molecule has 1 aliphatic rings. The quantitative estimate of drug-likeness (QED) is 0.890. The molecule has 118 valence electrons. The second-order valence-corrected chi connectivity index (χ2v) is 6.73. The zero-order valence-corrected chi connectivity index (χ0v) is 13.7. The van der Waals surface area contributed by atoms with E-state index in [9.17, 15) is 5.11 Å². The summed E-state index contributed by atoms with van der Waals surface area (Å²) in [6.07, 6.45) is 3.63. The Bertz CT molecular complexity index is 579. The third-order valence-electron chi connectivity index (χ3n) is 4.33. The van der Waals surface area contributed by atoms with Gasteiger partial charge in [-0.1, -0.05) is 24.3 Å². The molecule has 0 aliphatic carbocycles. The Morgan fingerprint density at radius 3 is 2.82 bits per heavy atom. The van der Waals surface area contributed by atoms with Gasteiger partial charge in [0.15, 0.2) is 5.13 Å². The number of rotatable bonds is 5. The number of nitrogens with one attached hydrogen (secondary N) is 1. The van der Waals surface area contributed by atoms with Crippen LogP contribution in [0.15, 0.2) is 35.8 Å². The maximum absolute atomic E-state index is 10.4. The lowest BCUT2D eigenvalue weighted by atomic mass is 10.0. The van der Waals surface area contributed by atoms with Crippen LogP contribution in [0.25, 0.3) is 0 Å². The molecule has 2 heterocycles. The van der Waals surface area contributed by atoms with Crippen molar-refractivity contribution in [1.29, 1.82) is 0 Å². The van der Waals surface area contributed by atoms with E-state index in [-0.39, 0.29) is 0 Å². The van der Waals surface area contributed by atoms with Crippen LogP contribution in [0.5, 0.6) is 0 Å². The molecule has 0 radical (unpaired) electrons. The molecule has 1 aromatic heterocycles. The van der Waals surface area contributed by atoms with E-state index in [4.69, 9.17) is 0 Å². The zero-order chi connectivity index (χ0) is 15.4. The van der Waals surface area contributed by atoms with Crippen molar-refractivity contribution >= 4 is 16.5 Å². The maximum atomic E-state index is 10.4. The molecule has 4 nitrogen and oxygen atoms in total.